The van der Waals surface area contributed by atoms with Crippen LogP contribution < -0.4 is 10.1 Å². The normalized spacial score (nSPS) is 10.5. The number of anilines is 1. The largest absolute Gasteiger partial charge is 0.491 e. The first-order valence-electron chi connectivity index (χ1n) is 6.50. The third-order valence-corrected chi connectivity index (χ3v) is 3.31. The molecule has 0 aliphatic rings. The molecule has 1 amide bonds. The van der Waals surface area contributed by atoms with Crippen molar-refractivity contribution < 1.29 is 14.3 Å². The van der Waals surface area contributed by atoms with E-state index in [1.54, 1.807) is 29.6 Å². The van der Waals surface area contributed by atoms with Gasteiger partial charge in [0, 0.05) is 17.9 Å². The first-order chi connectivity index (χ1) is 9.95. The Morgan fingerprint density at radius 2 is 2.10 bits per heavy atom. The van der Waals surface area contributed by atoms with Gasteiger partial charge in [-0.25, -0.2) is 4.98 Å². The predicted molar refractivity (Wildman–Crippen MR) is 82.3 cm³/mol. The Morgan fingerprint density at radius 3 is 2.71 bits per heavy atom. The van der Waals surface area contributed by atoms with Crippen molar-refractivity contribution in [1.29, 1.82) is 0 Å². The van der Waals surface area contributed by atoms with Gasteiger partial charge in [-0.2, -0.15) is 0 Å². The third kappa shape index (κ3) is 4.13. The molecule has 1 aromatic heterocycles. The maximum absolute atomic E-state index is 12.1. The number of hydrogen-bond donors (Lipinski definition) is 1. The van der Waals surface area contributed by atoms with E-state index in [1.165, 1.54) is 18.3 Å². The molecule has 6 heteroatoms. The summed E-state index contributed by atoms with van der Waals surface area (Å²) in [7, 11) is 0. The van der Waals surface area contributed by atoms with Crippen LogP contribution in [0.2, 0.25) is 0 Å². The van der Waals surface area contributed by atoms with Crippen molar-refractivity contribution >= 4 is 28.2 Å². The Morgan fingerprint density at radius 1 is 1.33 bits per heavy atom. The lowest BCUT2D eigenvalue weighted by Crippen LogP contribution is -2.12. The van der Waals surface area contributed by atoms with E-state index in [1.807, 2.05) is 13.8 Å². The first kappa shape index (κ1) is 15.2. The minimum Gasteiger partial charge on any atom is -0.491 e. The number of aromatic nitrogens is 1. The molecule has 1 heterocycles. The molecule has 1 N–H and O–H groups in total. The van der Waals surface area contributed by atoms with Crippen LogP contribution in [-0.2, 0) is 0 Å². The second-order valence-corrected chi connectivity index (χ2v) is 5.60. The maximum atomic E-state index is 12.1. The summed E-state index contributed by atoms with van der Waals surface area (Å²) in [6.45, 7) is 5.28. The lowest BCUT2D eigenvalue weighted by molar-refractivity contribution is 0.100. The molecule has 0 aliphatic heterocycles. The van der Waals surface area contributed by atoms with Gasteiger partial charge in [-0.3, -0.25) is 14.9 Å². The number of benzene rings is 1. The van der Waals surface area contributed by atoms with Gasteiger partial charge < -0.3 is 4.74 Å². The number of amides is 1. The van der Waals surface area contributed by atoms with Crippen LogP contribution in [0.1, 0.15) is 41.6 Å². The summed E-state index contributed by atoms with van der Waals surface area (Å²) >= 11 is 1.22. The predicted octanol–water partition coefficient (Wildman–Crippen LogP) is 3.39. The van der Waals surface area contributed by atoms with E-state index in [0.29, 0.717) is 22.1 Å². The molecule has 0 fully saturated rings. The fourth-order valence-corrected chi connectivity index (χ4v) is 2.39. The van der Waals surface area contributed by atoms with E-state index in [4.69, 9.17) is 4.74 Å². The monoisotopic (exact) mass is 304 g/mol. The highest BCUT2D eigenvalue weighted by Gasteiger charge is 2.11. The zero-order chi connectivity index (χ0) is 15.4. The molecule has 0 bridgehead atoms. The molecule has 0 unspecified atom stereocenters. The fourth-order valence-electron chi connectivity index (χ4n) is 1.64. The van der Waals surface area contributed by atoms with Crippen LogP contribution in [0.3, 0.4) is 0 Å². The minimum atomic E-state index is -0.284. The standard InChI is InChI=1S/C15H16N2O3S/c1-9(2)20-12-6-4-5-11(7-12)14(19)17-15-16-13(8-21-15)10(3)18/h4-9H,1-3H3,(H,16,17,19). The van der Waals surface area contributed by atoms with E-state index in [0.717, 1.165) is 0 Å². The molecule has 2 aromatic rings. The Balaban J connectivity index is 2.10. The molecule has 110 valence electrons. The zero-order valence-corrected chi connectivity index (χ0v) is 12.9. The molecule has 0 saturated heterocycles. The van der Waals surface area contributed by atoms with Gasteiger partial charge in [-0.1, -0.05) is 6.07 Å². The average molecular weight is 304 g/mol. The summed E-state index contributed by atoms with van der Waals surface area (Å²) in [6, 6.07) is 6.93. The van der Waals surface area contributed by atoms with E-state index in [-0.39, 0.29) is 17.8 Å². The molecule has 0 radical (unpaired) electrons. The number of rotatable bonds is 5. The van der Waals surface area contributed by atoms with E-state index >= 15 is 0 Å². The van der Waals surface area contributed by atoms with Gasteiger partial charge in [-0.05, 0) is 32.0 Å². The van der Waals surface area contributed by atoms with Gasteiger partial charge in [0.05, 0.1) is 6.10 Å². The molecule has 0 spiro atoms. The minimum absolute atomic E-state index is 0.0420. The molecule has 0 atom stereocenters. The number of nitrogens with one attached hydrogen (secondary N) is 1. The van der Waals surface area contributed by atoms with Crippen molar-refractivity contribution in [3.8, 4) is 5.75 Å². The van der Waals surface area contributed by atoms with Crippen molar-refractivity contribution in [1.82, 2.24) is 4.98 Å². The number of ketones is 1. The van der Waals surface area contributed by atoms with Crippen LogP contribution in [0.4, 0.5) is 5.13 Å². The van der Waals surface area contributed by atoms with Crippen molar-refractivity contribution in [3.63, 3.8) is 0 Å². The summed E-state index contributed by atoms with van der Waals surface area (Å²) in [6.07, 6.45) is 0.0420. The van der Waals surface area contributed by atoms with Gasteiger partial charge in [0.1, 0.15) is 11.4 Å². The second-order valence-electron chi connectivity index (χ2n) is 4.74. The van der Waals surface area contributed by atoms with Gasteiger partial charge in [0.25, 0.3) is 5.91 Å². The fraction of sp³-hybridized carbons (Fsp3) is 0.267. The molecule has 0 saturated carbocycles. The van der Waals surface area contributed by atoms with E-state index in [2.05, 4.69) is 10.3 Å². The molecule has 0 aliphatic carbocycles. The quantitative estimate of drug-likeness (QED) is 0.860. The van der Waals surface area contributed by atoms with Crippen LogP contribution in [0.5, 0.6) is 5.75 Å². The number of hydrogen-bond acceptors (Lipinski definition) is 5. The lowest BCUT2D eigenvalue weighted by Gasteiger charge is -2.10. The van der Waals surface area contributed by atoms with E-state index < -0.39 is 0 Å². The Labute approximate surface area is 127 Å². The molecular formula is C15H16N2O3S. The number of carbonyl (C=O) groups is 2. The highest BCUT2D eigenvalue weighted by molar-refractivity contribution is 7.14. The molecule has 2 rings (SSSR count). The Hall–Kier alpha value is -2.21. The van der Waals surface area contributed by atoms with Crippen LogP contribution in [0.25, 0.3) is 0 Å². The Bertz CT molecular complexity index is 664. The number of thiazole rings is 1. The SMILES string of the molecule is CC(=O)c1csc(NC(=O)c2cccc(OC(C)C)c2)n1. The van der Waals surface area contributed by atoms with Crippen molar-refractivity contribution in [2.45, 2.75) is 26.9 Å². The van der Waals surface area contributed by atoms with E-state index in [9.17, 15) is 9.59 Å². The number of carbonyl (C=O) groups excluding carboxylic acids is 2. The smallest absolute Gasteiger partial charge is 0.257 e. The van der Waals surface area contributed by atoms with Gasteiger partial charge in [0.2, 0.25) is 0 Å². The topological polar surface area (TPSA) is 68.3 Å². The summed E-state index contributed by atoms with van der Waals surface area (Å²) < 4.78 is 5.55. The summed E-state index contributed by atoms with van der Waals surface area (Å²) in [5.41, 5.74) is 0.833. The number of Topliss-reactive ketones (excluding diaryl/α,β-unsaturated/α-hetero) is 1. The van der Waals surface area contributed by atoms with Crippen LogP contribution in [0.15, 0.2) is 29.6 Å². The van der Waals surface area contributed by atoms with Crippen LogP contribution in [-0.4, -0.2) is 22.8 Å². The molecular weight excluding hydrogens is 288 g/mol. The zero-order valence-electron chi connectivity index (χ0n) is 12.0. The Kier molecular flexibility index (Phi) is 4.70. The number of nitrogens with zero attached hydrogens (tertiary/aromatic N) is 1. The molecule has 21 heavy (non-hydrogen) atoms. The van der Waals surface area contributed by atoms with Gasteiger partial charge in [-0.15, -0.1) is 11.3 Å². The van der Waals surface area contributed by atoms with Gasteiger partial charge in [0.15, 0.2) is 10.9 Å². The van der Waals surface area contributed by atoms with Crippen LogP contribution >= 0.6 is 11.3 Å². The lowest BCUT2D eigenvalue weighted by atomic mass is 10.2. The summed E-state index contributed by atoms with van der Waals surface area (Å²) in [4.78, 5) is 27.4. The van der Waals surface area contributed by atoms with Crippen molar-refractivity contribution in [2.75, 3.05) is 5.32 Å². The summed E-state index contributed by atoms with van der Waals surface area (Å²) in [5.74, 6) is 0.231. The highest BCUT2D eigenvalue weighted by atomic mass is 32.1. The molecule has 5 nitrogen and oxygen atoms in total. The number of ether oxygens (including phenoxy) is 1. The first-order valence-corrected chi connectivity index (χ1v) is 7.38. The summed E-state index contributed by atoms with van der Waals surface area (Å²) in [5, 5.41) is 4.70. The van der Waals surface area contributed by atoms with Crippen LogP contribution in [0, 0.1) is 0 Å². The second kappa shape index (κ2) is 6.49. The third-order valence-electron chi connectivity index (χ3n) is 2.55. The highest BCUT2D eigenvalue weighted by Crippen LogP contribution is 2.19. The molecule has 1 aromatic carbocycles. The van der Waals surface area contributed by atoms with Crippen molar-refractivity contribution in [3.05, 3.63) is 40.9 Å². The maximum Gasteiger partial charge on any atom is 0.257 e. The average Bonchev–Trinajstić information content (AvgIpc) is 2.87. The van der Waals surface area contributed by atoms with Gasteiger partial charge >= 0.3 is 0 Å². The van der Waals surface area contributed by atoms with Crippen molar-refractivity contribution in [2.24, 2.45) is 0 Å².